The van der Waals surface area contributed by atoms with Crippen LogP contribution in [0.15, 0.2) is 54.9 Å². The van der Waals surface area contributed by atoms with Crippen LogP contribution in [0.4, 0.5) is 28.6 Å². The SMILES string of the molecule is COc1ncccc1Nc1cc(Nc2ccccc2N(C)S(C)(=O)=O)c(C(N)=O)cn1. The van der Waals surface area contributed by atoms with Crippen molar-refractivity contribution in [2.24, 2.45) is 5.73 Å². The molecule has 3 rings (SSSR count). The molecule has 3 aromatic rings. The highest BCUT2D eigenvalue weighted by molar-refractivity contribution is 7.92. The molecule has 0 unspecified atom stereocenters. The summed E-state index contributed by atoms with van der Waals surface area (Å²) in [4.78, 5) is 20.3. The zero-order chi connectivity index (χ0) is 22.6. The number of anilines is 5. The van der Waals surface area contributed by atoms with Crippen molar-refractivity contribution in [1.82, 2.24) is 9.97 Å². The maximum Gasteiger partial charge on any atom is 0.252 e. The van der Waals surface area contributed by atoms with Crippen molar-refractivity contribution in [3.63, 3.8) is 0 Å². The van der Waals surface area contributed by atoms with Gasteiger partial charge in [-0.1, -0.05) is 12.1 Å². The number of hydrogen-bond donors (Lipinski definition) is 3. The largest absolute Gasteiger partial charge is 0.480 e. The second kappa shape index (κ2) is 8.88. The lowest BCUT2D eigenvalue weighted by Gasteiger charge is -2.21. The first-order valence-corrected chi connectivity index (χ1v) is 10.9. The van der Waals surface area contributed by atoms with Crippen LogP contribution in [-0.2, 0) is 10.0 Å². The average molecular weight is 443 g/mol. The standard InChI is InChI=1S/C20H22N6O4S/c1-26(31(3,28)29)17-9-5-4-7-14(17)24-16-11-18(23-12-13(16)19(21)27)25-15-8-6-10-22-20(15)30-2/h4-12H,1-3H3,(H2,21,27)(H2,23,24,25). The van der Waals surface area contributed by atoms with Crippen molar-refractivity contribution < 1.29 is 17.9 Å². The molecule has 162 valence electrons. The van der Waals surface area contributed by atoms with Crippen molar-refractivity contribution in [3.8, 4) is 5.88 Å². The van der Waals surface area contributed by atoms with Crippen molar-refractivity contribution in [1.29, 1.82) is 0 Å². The summed E-state index contributed by atoms with van der Waals surface area (Å²) in [6.45, 7) is 0. The Labute approximate surface area is 180 Å². The summed E-state index contributed by atoms with van der Waals surface area (Å²) in [5, 5.41) is 6.18. The molecule has 0 aliphatic rings. The highest BCUT2D eigenvalue weighted by Crippen LogP contribution is 2.32. The summed E-state index contributed by atoms with van der Waals surface area (Å²) < 4.78 is 30.4. The number of rotatable bonds is 8. The molecule has 1 amide bonds. The van der Waals surface area contributed by atoms with E-state index < -0.39 is 15.9 Å². The number of sulfonamides is 1. The topological polar surface area (TPSA) is 140 Å². The van der Waals surface area contributed by atoms with Crippen molar-refractivity contribution >= 4 is 44.5 Å². The van der Waals surface area contributed by atoms with Gasteiger partial charge in [-0.3, -0.25) is 9.10 Å². The number of methoxy groups -OCH3 is 1. The lowest BCUT2D eigenvalue weighted by molar-refractivity contribution is 0.100. The summed E-state index contributed by atoms with van der Waals surface area (Å²) in [5.74, 6) is 0.0834. The second-order valence-corrected chi connectivity index (χ2v) is 8.55. The van der Waals surface area contributed by atoms with Crippen LogP contribution in [0.2, 0.25) is 0 Å². The fraction of sp³-hybridized carbons (Fsp3) is 0.150. The predicted molar refractivity (Wildman–Crippen MR) is 120 cm³/mol. The monoisotopic (exact) mass is 442 g/mol. The van der Waals surface area contributed by atoms with Crippen LogP contribution in [0, 0.1) is 0 Å². The van der Waals surface area contributed by atoms with E-state index in [1.807, 2.05) is 0 Å². The minimum absolute atomic E-state index is 0.139. The van der Waals surface area contributed by atoms with Crippen LogP contribution in [0.25, 0.3) is 0 Å². The van der Waals surface area contributed by atoms with Crippen LogP contribution in [0.1, 0.15) is 10.4 Å². The van der Waals surface area contributed by atoms with Gasteiger partial charge in [0.15, 0.2) is 0 Å². The van der Waals surface area contributed by atoms with Crippen LogP contribution < -0.4 is 25.4 Å². The number of hydrogen-bond acceptors (Lipinski definition) is 8. The van der Waals surface area contributed by atoms with Crippen LogP contribution in [0.3, 0.4) is 0 Å². The first-order chi connectivity index (χ1) is 14.7. The van der Waals surface area contributed by atoms with E-state index in [1.54, 1.807) is 48.7 Å². The number of nitrogens with two attached hydrogens (primary N) is 1. The van der Waals surface area contributed by atoms with E-state index >= 15 is 0 Å². The van der Waals surface area contributed by atoms with Gasteiger partial charge in [0.25, 0.3) is 5.91 Å². The van der Waals surface area contributed by atoms with Gasteiger partial charge in [0.2, 0.25) is 15.9 Å². The predicted octanol–water partition coefficient (Wildman–Crippen LogP) is 2.47. The van der Waals surface area contributed by atoms with Gasteiger partial charge in [-0.05, 0) is 24.3 Å². The average Bonchev–Trinajstić information content (AvgIpc) is 2.73. The molecule has 0 aliphatic heterocycles. The van der Waals surface area contributed by atoms with E-state index in [1.165, 1.54) is 20.4 Å². The van der Waals surface area contributed by atoms with Gasteiger partial charge >= 0.3 is 0 Å². The molecule has 31 heavy (non-hydrogen) atoms. The third-order valence-corrected chi connectivity index (χ3v) is 5.60. The Hall–Kier alpha value is -3.86. The lowest BCUT2D eigenvalue weighted by atomic mass is 10.2. The highest BCUT2D eigenvalue weighted by Gasteiger charge is 2.18. The molecule has 0 aliphatic carbocycles. The molecule has 0 atom stereocenters. The fourth-order valence-electron chi connectivity index (χ4n) is 2.79. The Morgan fingerprint density at radius 2 is 1.77 bits per heavy atom. The van der Waals surface area contributed by atoms with Crippen LogP contribution in [0.5, 0.6) is 5.88 Å². The third kappa shape index (κ3) is 5.01. The molecule has 0 fully saturated rings. The number of nitrogens with zero attached hydrogens (tertiary/aromatic N) is 3. The van der Waals surface area contributed by atoms with Crippen LogP contribution in [-0.4, -0.2) is 44.7 Å². The maximum absolute atomic E-state index is 12.0. The van der Waals surface area contributed by atoms with E-state index in [0.717, 1.165) is 10.6 Å². The number of nitrogens with one attached hydrogen (secondary N) is 2. The Morgan fingerprint density at radius 1 is 1.06 bits per heavy atom. The van der Waals surface area contributed by atoms with Gasteiger partial charge in [-0.25, -0.2) is 18.4 Å². The number of primary amides is 1. The molecule has 2 aromatic heterocycles. The zero-order valence-electron chi connectivity index (χ0n) is 17.2. The van der Waals surface area contributed by atoms with Gasteiger partial charge in [0.1, 0.15) is 11.5 Å². The number of aromatic nitrogens is 2. The summed E-state index contributed by atoms with van der Waals surface area (Å²) >= 11 is 0. The maximum atomic E-state index is 12.0. The number of carbonyl (C=O) groups excluding carboxylic acids is 1. The number of para-hydroxylation sites is 2. The smallest absolute Gasteiger partial charge is 0.252 e. The molecule has 0 bridgehead atoms. The molecule has 11 heteroatoms. The Bertz CT molecular complexity index is 1220. The number of ether oxygens (including phenoxy) is 1. The summed E-state index contributed by atoms with van der Waals surface area (Å²) in [7, 11) is -0.555. The van der Waals surface area contributed by atoms with E-state index in [2.05, 4.69) is 20.6 Å². The lowest BCUT2D eigenvalue weighted by Crippen LogP contribution is -2.25. The fourth-order valence-corrected chi connectivity index (χ4v) is 3.30. The molecular weight excluding hydrogens is 420 g/mol. The summed E-state index contributed by atoms with van der Waals surface area (Å²) in [5.41, 5.74) is 7.44. The first kappa shape index (κ1) is 21.8. The van der Waals surface area contributed by atoms with E-state index in [9.17, 15) is 13.2 Å². The van der Waals surface area contributed by atoms with Crippen molar-refractivity contribution in [3.05, 3.63) is 60.4 Å². The molecule has 1 aromatic carbocycles. The highest BCUT2D eigenvalue weighted by atomic mass is 32.2. The molecule has 0 spiro atoms. The summed E-state index contributed by atoms with van der Waals surface area (Å²) in [6, 6.07) is 11.9. The van der Waals surface area contributed by atoms with Gasteiger partial charge in [0.05, 0.1) is 36.0 Å². The van der Waals surface area contributed by atoms with Crippen molar-refractivity contribution in [2.45, 2.75) is 0 Å². The molecule has 4 N–H and O–H groups in total. The molecule has 2 heterocycles. The Kier molecular flexibility index (Phi) is 6.25. The van der Waals surface area contributed by atoms with Crippen LogP contribution >= 0.6 is 0 Å². The van der Waals surface area contributed by atoms with E-state index in [4.69, 9.17) is 10.5 Å². The second-order valence-electron chi connectivity index (χ2n) is 6.54. The number of amides is 1. The Morgan fingerprint density at radius 3 is 2.45 bits per heavy atom. The van der Waals surface area contributed by atoms with Gasteiger partial charge in [-0.2, -0.15) is 0 Å². The first-order valence-electron chi connectivity index (χ1n) is 9.06. The molecule has 0 saturated carbocycles. The molecular formula is C20H22N6O4S. The summed E-state index contributed by atoms with van der Waals surface area (Å²) in [6.07, 6.45) is 4.03. The zero-order valence-corrected chi connectivity index (χ0v) is 18.0. The normalized spacial score (nSPS) is 10.9. The molecule has 0 saturated heterocycles. The third-order valence-electron chi connectivity index (χ3n) is 4.41. The number of pyridine rings is 2. The minimum atomic E-state index is -3.50. The number of carbonyl (C=O) groups is 1. The van der Waals surface area contributed by atoms with E-state index in [0.29, 0.717) is 34.4 Å². The molecule has 10 nitrogen and oxygen atoms in total. The van der Waals surface area contributed by atoms with Gasteiger partial charge < -0.3 is 21.1 Å². The number of benzene rings is 1. The quantitative estimate of drug-likeness (QED) is 0.483. The molecule has 0 radical (unpaired) electrons. The van der Waals surface area contributed by atoms with Gasteiger partial charge in [0, 0.05) is 25.5 Å². The minimum Gasteiger partial charge on any atom is -0.480 e. The van der Waals surface area contributed by atoms with Gasteiger partial charge in [-0.15, -0.1) is 0 Å². The van der Waals surface area contributed by atoms with Crippen molar-refractivity contribution in [2.75, 3.05) is 35.4 Å². The Balaban J connectivity index is 2.01. The van der Waals surface area contributed by atoms with E-state index in [-0.39, 0.29) is 5.56 Å².